The van der Waals surface area contributed by atoms with Gasteiger partial charge in [0, 0.05) is 18.5 Å². The summed E-state index contributed by atoms with van der Waals surface area (Å²) in [6, 6.07) is 2.19. The molecule has 0 aliphatic carbocycles. The summed E-state index contributed by atoms with van der Waals surface area (Å²) in [4.78, 5) is 13.4. The molecule has 0 aliphatic rings. The minimum atomic E-state index is 0.482. The van der Waals surface area contributed by atoms with E-state index in [9.17, 15) is 0 Å². The van der Waals surface area contributed by atoms with Crippen LogP contribution in [0.2, 0.25) is 0 Å². The first-order chi connectivity index (χ1) is 9.19. The average Bonchev–Trinajstić information content (AvgIpc) is 2.86. The van der Waals surface area contributed by atoms with Gasteiger partial charge in [-0.05, 0) is 18.9 Å². The van der Waals surface area contributed by atoms with E-state index in [0.29, 0.717) is 5.95 Å². The quantitative estimate of drug-likeness (QED) is 0.628. The molecule has 2 aromatic heterocycles. The predicted octanol–water partition coefficient (Wildman–Crippen LogP) is 2.78. The van der Waals surface area contributed by atoms with Crippen molar-refractivity contribution in [2.75, 3.05) is 23.9 Å². The van der Waals surface area contributed by atoms with Crippen LogP contribution in [0.25, 0.3) is 10.2 Å². The number of rotatable bonds is 6. The normalized spacial score (nSPS) is 10.9. The van der Waals surface area contributed by atoms with E-state index in [-0.39, 0.29) is 0 Å². The molecule has 0 bridgehead atoms. The maximum absolute atomic E-state index is 5.46. The van der Waals surface area contributed by atoms with Crippen LogP contribution in [0.15, 0.2) is 6.07 Å². The van der Waals surface area contributed by atoms with Crippen molar-refractivity contribution >= 4 is 33.3 Å². The Morgan fingerprint density at radius 3 is 2.79 bits per heavy atom. The van der Waals surface area contributed by atoms with E-state index in [4.69, 9.17) is 5.84 Å². The van der Waals surface area contributed by atoms with E-state index in [2.05, 4.69) is 47.3 Å². The molecule has 2 heterocycles. The first-order valence-corrected chi connectivity index (χ1v) is 7.49. The van der Waals surface area contributed by atoms with Crippen LogP contribution >= 0.6 is 11.3 Å². The summed E-state index contributed by atoms with van der Waals surface area (Å²) in [7, 11) is 2.07. The van der Waals surface area contributed by atoms with Gasteiger partial charge in [0.25, 0.3) is 0 Å². The maximum Gasteiger partial charge on any atom is 0.240 e. The molecule has 0 saturated heterocycles. The Kier molecular flexibility index (Phi) is 4.55. The lowest BCUT2D eigenvalue weighted by Crippen LogP contribution is -2.21. The number of thiophene rings is 1. The summed E-state index contributed by atoms with van der Waals surface area (Å²) < 4.78 is 0. The fraction of sp³-hybridized carbons (Fsp3) is 0.538. The SMILES string of the molecule is CCCCN(C)c1nc(NN)nc2sc(CC)cc12. The first-order valence-electron chi connectivity index (χ1n) is 6.67. The van der Waals surface area contributed by atoms with Gasteiger partial charge in [-0.1, -0.05) is 20.3 Å². The molecule has 0 atom stereocenters. The number of nitrogens with one attached hydrogen (secondary N) is 1. The number of nitrogens with zero attached hydrogens (tertiary/aromatic N) is 3. The molecule has 0 aliphatic heterocycles. The summed E-state index contributed by atoms with van der Waals surface area (Å²) in [5, 5.41) is 1.12. The Labute approximate surface area is 117 Å². The Morgan fingerprint density at radius 1 is 1.37 bits per heavy atom. The third-order valence-electron chi connectivity index (χ3n) is 3.11. The number of hydrogen-bond acceptors (Lipinski definition) is 6. The van der Waals surface area contributed by atoms with Crippen molar-refractivity contribution in [2.45, 2.75) is 33.1 Å². The number of anilines is 2. The van der Waals surface area contributed by atoms with Gasteiger partial charge in [0.15, 0.2) is 0 Å². The van der Waals surface area contributed by atoms with Gasteiger partial charge >= 0.3 is 0 Å². The minimum absolute atomic E-state index is 0.482. The number of hydrogen-bond donors (Lipinski definition) is 2. The van der Waals surface area contributed by atoms with Crippen LogP contribution in [-0.4, -0.2) is 23.6 Å². The van der Waals surface area contributed by atoms with Gasteiger partial charge in [-0.3, -0.25) is 5.43 Å². The fourth-order valence-electron chi connectivity index (χ4n) is 1.99. The van der Waals surface area contributed by atoms with Crippen LogP contribution in [0, 0.1) is 0 Å². The lowest BCUT2D eigenvalue weighted by Gasteiger charge is -2.19. The lowest BCUT2D eigenvalue weighted by molar-refractivity contribution is 0.761. The van der Waals surface area contributed by atoms with Gasteiger partial charge in [0.05, 0.1) is 5.39 Å². The molecular formula is C13H21N5S. The zero-order valence-electron chi connectivity index (χ0n) is 11.7. The zero-order valence-corrected chi connectivity index (χ0v) is 12.5. The molecule has 0 saturated carbocycles. The standard InChI is InChI=1S/C13H21N5S/c1-4-6-7-18(3)11-10-8-9(5-2)19-12(10)16-13(15-11)17-14/h8H,4-7,14H2,1-3H3,(H,15,16,17). The number of aromatic nitrogens is 2. The van der Waals surface area contributed by atoms with Crippen molar-refractivity contribution in [3.63, 3.8) is 0 Å². The van der Waals surface area contributed by atoms with E-state index < -0.39 is 0 Å². The molecule has 2 rings (SSSR count). The third kappa shape index (κ3) is 2.96. The van der Waals surface area contributed by atoms with Crippen LogP contribution in [0.4, 0.5) is 11.8 Å². The average molecular weight is 279 g/mol. The topological polar surface area (TPSA) is 67.1 Å². The Bertz CT molecular complexity index is 551. The molecule has 19 heavy (non-hydrogen) atoms. The largest absolute Gasteiger partial charge is 0.359 e. The number of nitrogens with two attached hydrogens (primary N) is 1. The molecule has 0 amide bonds. The minimum Gasteiger partial charge on any atom is -0.359 e. The smallest absolute Gasteiger partial charge is 0.240 e. The Morgan fingerprint density at radius 2 is 2.16 bits per heavy atom. The summed E-state index contributed by atoms with van der Waals surface area (Å²) in [5.41, 5.74) is 2.56. The van der Waals surface area contributed by atoms with Gasteiger partial charge in [-0.25, -0.2) is 10.8 Å². The summed E-state index contributed by atoms with van der Waals surface area (Å²) >= 11 is 1.71. The van der Waals surface area contributed by atoms with Crippen molar-refractivity contribution in [3.8, 4) is 0 Å². The molecule has 104 valence electrons. The van der Waals surface area contributed by atoms with Crippen LogP contribution in [0.3, 0.4) is 0 Å². The van der Waals surface area contributed by atoms with E-state index >= 15 is 0 Å². The molecule has 2 aromatic rings. The van der Waals surface area contributed by atoms with Gasteiger partial charge in [0.1, 0.15) is 10.6 Å². The Balaban J connectivity index is 2.46. The van der Waals surface area contributed by atoms with Crippen LogP contribution in [0.1, 0.15) is 31.6 Å². The van der Waals surface area contributed by atoms with Crippen molar-refractivity contribution < 1.29 is 0 Å². The first kappa shape index (κ1) is 14.0. The summed E-state index contributed by atoms with van der Waals surface area (Å²) in [5.74, 6) is 6.90. The predicted molar refractivity (Wildman–Crippen MR) is 82.8 cm³/mol. The molecule has 0 spiro atoms. The van der Waals surface area contributed by atoms with E-state index in [1.807, 2.05) is 0 Å². The number of nitrogen functional groups attached to an aromatic ring is 1. The van der Waals surface area contributed by atoms with Crippen LogP contribution in [0.5, 0.6) is 0 Å². The molecule has 0 unspecified atom stereocenters. The second-order valence-corrected chi connectivity index (χ2v) is 5.69. The molecule has 0 aromatic carbocycles. The van der Waals surface area contributed by atoms with E-state index in [1.165, 1.54) is 11.3 Å². The third-order valence-corrected chi connectivity index (χ3v) is 4.28. The molecule has 6 heteroatoms. The van der Waals surface area contributed by atoms with Gasteiger partial charge in [-0.2, -0.15) is 4.98 Å². The van der Waals surface area contributed by atoms with Crippen molar-refractivity contribution in [2.24, 2.45) is 5.84 Å². The maximum atomic E-state index is 5.46. The van der Waals surface area contributed by atoms with Gasteiger partial charge in [-0.15, -0.1) is 11.3 Å². The highest BCUT2D eigenvalue weighted by molar-refractivity contribution is 7.18. The lowest BCUT2D eigenvalue weighted by atomic mass is 10.2. The second-order valence-electron chi connectivity index (χ2n) is 4.58. The molecule has 0 radical (unpaired) electrons. The summed E-state index contributed by atoms with van der Waals surface area (Å²) in [6.45, 7) is 5.33. The molecule has 0 fully saturated rings. The zero-order chi connectivity index (χ0) is 13.8. The van der Waals surface area contributed by atoms with Gasteiger partial charge < -0.3 is 4.90 Å². The van der Waals surface area contributed by atoms with Crippen LogP contribution < -0.4 is 16.2 Å². The highest BCUT2D eigenvalue weighted by Gasteiger charge is 2.13. The highest BCUT2D eigenvalue weighted by atomic mass is 32.1. The highest BCUT2D eigenvalue weighted by Crippen LogP contribution is 2.31. The number of aryl methyl sites for hydroxylation is 1. The fourth-order valence-corrected chi connectivity index (χ4v) is 2.95. The molecule has 5 nitrogen and oxygen atoms in total. The van der Waals surface area contributed by atoms with Gasteiger partial charge in [0.2, 0.25) is 5.95 Å². The molecule has 3 N–H and O–H groups in total. The van der Waals surface area contributed by atoms with Crippen molar-refractivity contribution in [3.05, 3.63) is 10.9 Å². The van der Waals surface area contributed by atoms with E-state index in [0.717, 1.165) is 35.4 Å². The van der Waals surface area contributed by atoms with Crippen molar-refractivity contribution in [1.29, 1.82) is 0 Å². The van der Waals surface area contributed by atoms with Crippen molar-refractivity contribution in [1.82, 2.24) is 9.97 Å². The summed E-state index contributed by atoms with van der Waals surface area (Å²) in [6.07, 6.45) is 3.34. The monoisotopic (exact) mass is 279 g/mol. The molecular weight excluding hydrogens is 258 g/mol. The Hall–Kier alpha value is -1.40. The van der Waals surface area contributed by atoms with E-state index in [1.54, 1.807) is 11.3 Å². The number of hydrazine groups is 1. The number of unbranched alkanes of at least 4 members (excludes halogenated alkanes) is 1. The number of fused-ring (bicyclic) bond motifs is 1. The van der Waals surface area contributed by atoms with Crippen LogP contribution in [-0.2, 0) is 6.42 Å². The second kappa shape index (κ2) is 6.16.